The summed E-state index contributed by atoms with van der Waals surface area (Å²) in [6, 6.07) is 0.234. The largest absolute Gasteiger partial charge is 0.481 e. The van der Waals surface area contributed by atoms with Crippen molar-refractivity contribution in [3.63, 3.8) is 0 Å². The zero-order valence-electron chi connectivity index (χ0n) is 11.7. The first-order valence-electron chi connectivity index (χ1n) is 6.98. The normalized spacial score (nSPS) is 23.9. The van der Waals surface area contributed by atoms with E-state index in [2.05, 4.69) is 12.2 Å². The molecule has 2 unspecified atom stereocenters. The van der Waals surface area contributed by atoms with Crippen LogP contribution in [0.3, 0.4) is 0 Å². The summed E-state index contributed by atoms with van der Waals surface area (Å²) in [4.78, 5) is 23.3. The van der Waals surface area contributed by atoms with Crippen LogP contribution in [0.25, 0.3) is 0 Å². The molecule has 0 spiro atoms. The van der Waals surface area contributed by atoms with Gasteiger partial charge in [0.05, 0.1) is 5.41 Å². The van der Waals surface area contributed by atoms with Crippen molar-refractivity contribution in [2.45, 2.75) is 65.3 Å². The van der Waals surface area contributed by atoms with Gasteiger partial charge in [-0.2, -0.15) is 0 Å². The Kier molecular flexibility index (Phi) is 5.17. The number of carbonyl (C=O) groups is 2. The van der Waals surface area contributed by atoms with E-state index in [9.17, 15) is 14.7 Å². The molecule has 2 N–H and O–H groups in total. The van der Waals surface area contributed by atoms with E-state index in [1.54, 1.807) is 0 Å². The van der Waals surface area contributed by atoms with Gasteiger partial charge in [0.1, 0.15) is 0 Å². The second-order valence-electron chi connectivity index (χ2n) is 5.55. The monoisotopic (exact) mass is 255 g/mol. The highest BCUT2D eigenvalue weighted by Gasteiger charge is 2.38. The van der Waals surface area contributed by atoms with E-state index in [1.165, 1.54) is 0 Å². The Bertz CT molecular complexity index is 310. The zero-order chi connectivity index (χ0) is 13.8. The molecule has 0 heterocycles. The molecule has 0 bridgehead atoms. The summed E-state index contributed by atoms with van der Waals surface area (Å²) in [6.07, 6.45) is 4.40. The van der Waals surface area contributed by atoms with Crippen LogP contribution < -0.4 is 5.32 Å². The highest BCUT2D eigenvalue weighted by atomic mass is 16.4. The number of carboxylic acids is 1. The maximum Gasteiger partial charge on any atom is 0.310 e. The molecule has 0 saturated heterocycles. The standard InChI is InChI=1S/C14H25NO3/c1-4-14(5-2,13(17)18)9-12(16)15-11-8-6-7-10(11)3/h10-11H,4-9H2,1-3H3,(H,15,16)(H,17,18). The van der Waals surface area contributed by atoms with Gasteiger partial charge in [0.15, 0.2) is 0 Å². The minimum atomic E-state index is -0.897. The van der Waals surface area contributed by atoms with Gasteiger partial charge in [0.2, 0.25) is 5.91 Å². The number of hydrogen-bond donors (Lipinski definition) is 2. The van der Waals surface area contributed by atoms with Crippen molar-refractivity contribution in [1.29, 1.82) is 0 Å². The number of aliphatic carboxylic acids is 1. The summed E-state index contributed by atoms with van der Waals surface area (Å²) in [5.74, 6) is -0.460. The van der Waals surface area contributed by atoms with Gasteiger partial charge < -0.3 is 10.4 Å². The summed E-state index contributed by atoms with van der Waals surface area (Å²) >= 11 is 0. The van der Waals surface area contributed by atoms with Gasteiger partial charge in [-0.05, 0) is 31.6 Å². The second kappa shape index (κ2) is 6.21. The molecule has 1 amide bonds. The van der Waals surface area contributed by atoms with Crippen LogP contribution in [0, 0.1) is 11.3 Å². The molecule has 2 atom stereocenters. The Balaban J connectivity index is 2.59. The number of rotatable bonds is 6. The van der Waals surface area contributed by atoms with Crippen molar-refractivity contribution in [1.82, 2.24) is 5.32 Å². The Hall–Kier alpha value is -1.06. The molecule has 1 aliphatic rings. The average Bonchev–Trinajstić information content (AvgIpc) is 2.71. The Morgan fingerprint density at radius 2 is 1.89 bits per heavy atom. The maximum atomic E-state index is 12.0. The van der Waals surface area contributed by atoms with Gasteiger partial charge in [0.25, 0.3) is 0 Å². The van der Waals surface area contributed by atoms with E-state index < -0.39 is 11.4 Å². The van der Waals surface area contributed by atoms with Crippen LogP contribution in [0.15, 0.2) is 0 Å². The van der Waals surface area contributed by atoms with Gasteiger partial charge >= 0.3 is 5.97 Å². The summed E-state index contributed by atoms with van der Waals surface area (Å²) in [6.45, 7) is 5.81. The van der Waals surface area contributed by atoms with Crippen molar-refractivity contribution >= 4 is 11.9 Å². The van der Waals surface area contributed by atoms with Crippen LogP contribution in [0.4, 0.5) is 0 Å². The first-order valence-corrected chi connectivity index (χ1v) is 6.98. The van der Waals surface area contributed by atoms with Gasteiger partial charge in [-0.3, -0.25) is 9.59 Å². The molecular weight excluding hydrogens is 230 g/mol. The third kappa shape index (κ3) is 3.24. The van der Waals surface area contributed by atoms with Gasteiger partial charge in [-0.1, -0.05) is 27.2 Å². The summed E-state index contributed by atoms with van der Waals surface area (Å²) in [5.41, 5.74) is -0.897. The van der Waals surface area contributed by atoms with Gasteiger partial charge in [-0.25, -0.2) is 0 Å². The summed E-state index contributed by atoms with van der Waals surface area (Å²) in [7, 11) is 0. The SMILES string of the molecule is CCC(CC)(CC(=O)NC1CCCC1C)C(=O)O. The van der Waals surface area contributed by atoms with Crippen molar-refractivity contribution < 1.29 is 14.7 Å². The molecule has 18 heavy (non-hydrogen) atoms. The maximum absolute atomic E-state index is 12.0. The molecule has 0 aliphatic heterocycles. The smallest absolute Gasteiger partial charge is 0.310 e. The van der Waals surface area contributed by atoms with Gasteiger partial charge in [0, 0.05) is 12.5 Å². The average molecular weight is 255 g/mol. The number of amides is 1. The number of carboxylic acid groups (broad SMARTS) is 1. The molecule has 0 radical (unpaired) electrons. The number of carbonyl (C=O) groups excluding carboxylic acids is 1. The van der Waals surface area contributed by atoms with E-state index in [0.29, 0.717) is 18.8 Å². The lowest BCUT2D eigenvalue weighted by molar-refractivity contribution is -0.152. The third-order valence-electron chi connectivity index (χ3n) is 4.51. The number of hydrogen-bond acceptors (Lipinski definition) is 2. The molecule has 4 nitrogen and oxygen atoms in total. The predicted molar refractivity (Wildman–Crippen MR) is 70.2 cm³/mol. The Labute approximate surface area is 109 Å². The molecule has 104 valence electrons. The molecule has 0 aromatic carbocycles. The van der Waals surface area contributed by atoms with Crippen molar-refractivity contribution in [3.05, 3.63) is 0 Å². The zero-order valence-corrected chi connectivity index (χ0v) is 11.7. The molecule has 1 aliphatic carbocycles. The topological polar surface area (TPSA) is 66.4 Å². The Morgan fingerprint density at radius 3 is 2.28 bits per heavy atom. The van der Waals surface area contributed by atoms with Crippen LogP contribution in [0.2, 0.25) is 0 Å². The minimum Gasteiger partial charge on any atom is -0.481 e. The second-order valence-corrected chi connectivity index (χ2v) is 5.55. The van der Waals surface area contributed by atoms with Crippen LogP contribution in [-0.2, 0) is 9.59 Å². The molecule has 4 heteroatoms. The molecule has 1 fully saturated rings. The van der Waals surface area contributed by atoms with E-state index in [-0.39, 0.29) is 18.4 Å². The third-order valence-corrected chi connectivity index (χ3v) is 4.51. The fourth-order valence-corrected chi connectivity index (χ4v) is 2.80. The van der Waals surface area contributed by atoms with Crippen LogP contribution in [0.5, 0.6) is 0 Å². The summed E-state index contributed by atoms with van der Waals surface area (Å²) in [5, 5.41) is 12.3. The molecule has 0 aromatic rings. The lowest BCUT2D eigenvalue weighted by atomic mass is 9.79. The van der Waals surface area contributed by atoms with Crippen molar-refractivity contribution in [2.24, 2.45) is 11.3 Å². The molecule has 1 rings (SSSR count). The first kappa shape index (κ1) is 15.0. The molecule has 0 aromatic heterocycles. The predicted octanol–water partition coefficient (Wildman–Crippen LogP) is 2.57. The van der Waals surface area contributed by atoms with Crippen molar-refractivity contribution in [3.8, 4) is 0 Å². The molecular formula is C14H25NO3. The van der Waals surface area contributed by atoms with E-state index in [0.717, 1.165) is 19.3 Å². The highest BCUT2D eigenvalue weighted by Crippen LogP contribution is 2.31. The van der Waals surface area contributed by atoms with E-state index >= 15 is 0 Å². The van der Waals surface area contributed by atoms with Gasteiger partial charge in [-0.15, -0.1) is 0 Å². The van der Waals surface area contributed by atoms with Crippen molar-refractivity contribution in [2.75, 3.05) is 0 Å². The quantitative estimate of drug-likeness (QED) is 0.766. The van der Waals surface area contributed by atoms with Crippen LogP contribution >= 0.6 is 0 Å². The lowest BCUT2D eigenvalue weighted by Crippen LogP contribution is -2.41. The molecule has 1 saturated carbocycles. The van der Waals surface area contributed by atoms with Crippen LogP contribution in [-0.4, -0.2) is 23.0 Å². The first-order chi connectivity index (χ1) is 8.45. The number of nitrogens with one attached hydrogen (secondary N) is 1. The summed E-state index contributed by atoms with van der Waals surface area (Å²) < 4.78 is 0. The Morgan fingerprint density at radius 1 is 1.28 bits per heavy atom. The fraction of sp³-hybridized carbons (Fsp3) is 0.857. The lowest BCUT2D eigenvalue weighted by Gasteiger charge is -2.27. The fourth-order valence-electron chi connectivity index (χ4n) is 2.80. The highest BCUT2D eigenvalue weighted by molar-refractivity contribution is 5.85. The van der Waals surface area contributed by atoms with E-state index in [4.69, 9.17) is 0 Å². The minimum absolute atomic E-state index is 0.0958. The van der Waals surface area contributed by atoms with Crippen LogP contribution in [0.1, 0.15) is 59.3 Å². The van der Waals surface area contributed by atoms with E-state index in [1.807, 2.05) is 13.8 Å².